The molecule has 2 aromatic carbocycles. The molecule has 4 heterocycles. The summed E-state index contributed by atoms with van der Waals surface area (Å²) in [7, 11) is 0. The molecule has 0 N–H and O–H groups in total. The van der Waals surface area contributed by atoms with Crippen LogP contribution in [0, 0.1) is 0 Å². The first-order valence-corrected chi connectivity index (χ1v) is 9.87. The van der Waals surface area contributed by atoms with Crippen LogP contribution < -0.4 is 5.69 Å². The van der Waals surface area contributed by atoms with Crippen molar-refractivity contribution < 1.29 is 0 Å². The third kappa shape index (κ3) is 2.23. The van der Waals surface area contributed by atoms with Crippen LogP contribution in [-0.2, 0) is 6.54 Å². The van der Waals surface area contributed by atoms with Crippen LogP contribution >= 0.6 is 0 Å². The summed E-state index contributed by atoms with van der Waals surface area (Å²) in [5.74, 6) is 0.852. The maximum absolute atomic E-state index is 13.0. The van der Waals surface area contributed by atoms with Crippen molar-refractivity contribution in [2.24, 2.45) is 0 Å². The van der Waals surface area contributed by atoms with E-state index in [1.54, 1.807) is 15.3 Å². The highest BCUT2D eigenvalue weighted by molar-refractivity contribution is 5.80. The van der Waals surface area contributed by atoms with Crippen LogP contribution in [0.1, 0.15) is 6.92 Å². The number of benzene rings is 2. The zero-order valence-corrected chi connectivity index (χ0v) is 16.3. The summed E-state index contributed by atoms with van der Waals surface area (Å²) in [5, 5.41) is 0. The summed E-state index contributed by atoms with van der Waals surface area (Å²) in [6, 6.07) is 19.8. The number of fused-ring (bicyclic) bond motifs is 4. The molecule has 0 fully saturated rings. The molecule has 0 saturated carbocycles. The topological polar surface area (TPSA) is 62.0 Å². The lowest BCUT2D eigenvalue weighted by molar-refractivity contribution is 0.734. The zero-order valence-electron chi connectivity index (χ0n) is 16.3. The van der Waals surface area contributed by atoms with Crippen LogP contribution in [0.25, 0.3) is 39.3 Å². The number of hydrogen-bond acceptors (Lipinski definition) is 3. The molecule has 4 aromatic heterocycles. The highest BCUT2D eigenvalue weighted by Gasteiger charge is 2.15. The molecule has 146 valence electrons. The van der Waals surface area contributed by atoms with Gasteiger partial charge in [0, 0.05) is 30.8 Å². The smallest absolute Gasteiger partial charge is 0.290 e. The van der Waals surface area contributed by atoms with Crippen molar-refractivity contribution in [3.63, 3.8) is 0 Å². The van der Waals surface area contributed by atoms with Gasteiger partial charge in [-0.2, -0.15) is 0 Å². The molecule has 0 aliphatic carbocycles. The summed E-state index contributed by atoms with van der Waals surface area (Å²) >= 11 is 0. The Morgan fingerprint density at radius 2 is 1.63 bits per heavy atom. The molecule has 0 aliphatic heterocycles. The molecule has 7 heteroatoms. The second kappa shape index (κ2) is 6.18. The van der Waals surface area contributed by atoms with Gasteiger partial charge in [-0.25, -0.2) is 19.3 Å². The molecular weight excluding hydrogens is 376 g/mol. The number of pyridine rings is 1. The van der Waals surface area contributed by atoms with Crippen molar-refractivity contribution in [1.82, 2.24) is 28.1 Å². The van der Waals surface area contributed by atoms with E-state index in [1.807, 2.05) is 78.5 Å². The molecule has 7 nitrogen and oxygen atoms in total. The maximum Gasteiger partial charge on any atom is 0.334 e. The fourth-order valence-electron chi connectivity index (χ4n) is 4.14. The quantitative estimate of drug-likeness (QED) is 0.459. The van der Waals surface area contributed by atoms with Crippen molar-refractivity contribution in [3.05, 3.63) is 89.7 Å². The van der Waals surface area contributed by atoms with Gasteiger partial charge in [-0.3, -0.25) is 13.5 Å². The van der Waals surface area contributed by atoms with Gasteiger partial charge in [0.2, 0.25) is 5.78 Å². The number of nitrogens with zero attached hydrogens (tertiary/aromatic N) is 6. The maximum atomic E-state index is 13.0. The Labute approximate surface area is 171 Å². The van der Waals surface area contributed by atoms with Crippen LogP contribution in [0.3, 0.4) is 0 Å². The largest absolute Gasteiger partial charge is 0.334 e. The van der Waals surface area contributed by atoms with Gasteiger partial charge in [-0.1, -0.05) is 12.1 Å². The van der Waals surface area contributed by atoms with E-state index >= 15 is 0 Å². The van der Waals surface area contributed by atoms with Gasteiger partial charge >= 0.3 is 5.69 Å². The van der Waals surface area contributed by atoms with Gasteiger partial charge in [0.15, 0.2) is 5.65 Å². The number of aromatic nitrogens is 6. The fraction of sp³-hybridized carbons (Fsp3) is 0.0870. The average Bonchev–Trinajstić information content (AvgIpc) is 3.43. The minimum absolute atomic E-state index is 0.0817. The van der Waals surface area contributed by atoms with Gasteiger partial charge in [0.25, 0.3) is 0 Å². The predicted molar refractivity (Wildman–Crippen MR) is 117 cm³/mol. The van der Waals surface area contributed by atoms with Crippen LogP contribution in [0.5, 0.6) is 0 Å². The van der Waals surface area contributed by atoms with E-state index in [0.29, 0.717) is 12.2 Å². The molecule has 0 aliphatic rings. The van der Waals surface area contributed by atoms with Gasteiger partial charge < -0.3 is 0 Å². The van der Waals surface area contributed by atoms with Gasteiger partial charge in [-0.05, 0) is 55.5 Å². The van der Waals surface area contributed by atoms with Crippen LogP contribution in [-0.4, -0.2) is 28.1 Å². The summed E-state index contributed by atoms with van der Waals surface area (Å²) in [4.78, 5) is 22.2. The monoisotopic (exact) mass is 394 g/mol. The number of imidazole rings is 3. The molecule has 0 bridgehead atoms. The lowest BCUT2D eigenvalue weighted by Gasteiger charge is -2.06. The molecule has 0 atom stereocenters. The fourth-order valence-corrected chi connectivity index (χ4v) is 4.14. The first-order valence-electron chi connectivity index (χ1n) is 9.87. The zero-order chi connectivity index (χ0) is 20.2. The normalized spacial score (nSPS) is 11.8. The summed E-state index contributed by atoms with van der Waals surface area (Å²) < 4.78 is 7.52. The Morgan fingerprint density at radius 1 is 0.867 bits per heavy atom. The Morgan fingerprint density at radius 3 is 2.47 bits per heavy atom. The molecule has 0 radical (unpaired) electrons. The van der Waals surface area contributed by atoms with E-state index in [0.717, 1.165) is 33.7 Å². The standard InChI is InChI=1S/C23H18N6O/c1-2-26-20-8-5-13-24-21(20)29(23(26)30)17-11-9-16(10-12-17)27-14-15-28-19-7-4-3-6-18(19)25-22(27)28/h3-15H,2H2,1H3. The molecule has 0 amide bonds. The number of rotatable bonds is 3. The van der Waals surface area contributed by atoms with E-state index in [9.17, 15) is 4.79 Å². The van der Waals surface area contributed by atoms with Crippen molar-refractivity contribution in [2.75, 3.05) is 0 Å². The highest BCUT2D eigenvalue weighted by Crippen LogP contribution is 2.22. The highest BCUT2D eigenvalue weighted by atomic mass is 16.1. The van der Waals surface area contributed by atoms with Gasteiger partial charge in [0.1, 0.15) is 0 Å². The lowest BCUT2D eigenvalue weighted by atomic mass is 10.2. The minimum atomic E-state index is -0.0817. The molecular formula is C23H18N6O. The molecule has 6 rings (SSSR count). The van der Waals surface area contributed by atoms with E-state index in [-0.39, 0.29) is 5.69 Å². The second-order valence-electron chi connectivity index (χ2n) is 7.16. The summed E-state index contributed by atoms with van der Waals surface area (Å²) in [5.41, 5.74) is 5.23. The van der Waals surface area contributed by atoms with E-state index in [4.69, 9.17) is 4.98 Å². The summed E-state index contributed by atoms with van der Waals surface area (Å²) in [6.45, 7) is 2.56. The Kier molecular flexibility index (Phi) is 3.46. The van der Waals surface area contributed by atoms with Crippen LogP contribution in [0.15, 0.2) is 84.0 Å². The van der Waals surface area contributed by atoms with E-state index in [1.165, 1.54) is 0 Å². The minimum Gasteiger partial charge on any atom is -0.290 e. The van der Waals surface area contributed by atoms with Crippen LogP contribution in [0.4, 0.5) is 0 Å². The number of aryl methyl sites for hydroxylation is 1. The Bertz CT molecular complexity index is 1600. The van der Waals surface area contributed by atoms with Crippen molar-refractivity contribution in [3.8, 4) is 11.4 Å². The number of hydrogen-bond donors (Lipinski definition) is 0. The second-order valence-corrected chi connectivity index (χ2v) is 7.16. The lowest BCUT2D eigenvalue weighted by Crippen LogP contribution is -2.22. The third-order valence-electron chi connectivity index (χ3n) is 5.55. The van der Waals surface area contributed by atoms with Gasteiger partial charge in [-0.15, -0.1) is 0 Å². The Balaban J connectivity index is 1.50. The van der Waals surface area contributed by atoms with E-state index < -0.39 is 0 Å². The Hall–Kier alpha value is -4.13. The predicted octanol–water partition coefficient (Wildman–Crippen LogP) is 3.80. The molecule has 30 heavy (non-hydrogen) atoms. The molecule has 6 aromatic rings. The van der Waals surface area contributed by atoms with Crippen molar-refractivity contribution >= 4 is 28.0 Å². The van der Waals surface area contributed by atoms with E-state index in [2.05, 4.69) is 15.5 Å². The summed E-state index contributed by atoms with van der Waals surface area (Å²) in [6.07, 6.45) is 5.73. The van der Waals surface area contributed by atoms with Crippen molar-refractivity contribution in [1.29, 1.82) is 0 Å². The molecule has 0 unspecified atom stereocenters. The SMILES string of the molecule is CCn1c(=O)n(-c2ccc(-n3ccn4c5ccccc5nc34)cc2)c2ncccc21. The third-order valence-corrected chi connectivity index (χ3v) is 5.55. The number of para-hydroxylation sites is 2. The molecule has 0 spiro atoms. The molecule has 0 saturated heterocycles. The average molecular weight is 394 g/mol. The first-order chi connectivity index (χ1) is 14.8. The van der Waals surface area contributed by atoms with Gasteiger partial charge in [0.05, 0.1) is 22.2 Å². The first kappa shape index (κ1) is 16.8. The van der Waals surface area contributed by atoms with Crippen molar-refractivity contribution in [2.45, 2.75) is 13.5 Å². The van der Waals surface area contributed by atoms with Crippen LogP contribution in [0.2, 0.25) is 0 Å².